The van der Waals surface area contributed by atoms with Gasteiger partial charge >= 0.3 is 6.18 Å². The Morgan fingerprint density at radius 2 is 2.00 bits per heavy atom. The summed E-state index contributed by atoms with van der Waals surface area (Å²) in [4.78, 5) is 11.8. The SMILES string of the molecule is O=c1ccc(C(F)(F)F)cn1Cc1cc(F)cc2c1OCOC2. The number of hydrogen-bond acceptors (Lipinski definition) is 3. The molecule has 0 amide bonds. The number of alkyl halides is 3. The van der Waals surface area contributed by atoms with Crippen LogP contribution in [0.25, 0.3) is 0 Å². The van der Waals surface area contributed by atoms with Crippen LogP contribution >= 0.6 is 0 Å². The topological polar surface area (TPSA) is 40.5 Å². The van der Waals surface area contributed by atoms with Crippen LogP contribution in [-0.2, 0) is 24.1 Å². The number of fused-ring (bicyclic) bond motifs is 1. The Hall–Kier alpha value is -2.35. The fourth-order valence-electron chi connectivity index (χ4n) is 2.38. The van der Waals surface area contributed by atoms with Crippen LogP contribution in [0.5, 0.6) is 5.75 Å². The zero-order chi connectivity index (χ0) is 16.6. The van der Waals surface area contributed by atoms with E-state index in [-0.39, 0.29) is 25.5 Å². The smallest absolute Gasteiger partial charge is 0.417 e. The van der Waals surface area contributed by atoms with Crippen molar-refractivity contribution in [1.29, 1.82) is 0 Å². The molecule has 0 bridgehead atoms. The van der Waals surface area contributed by atoms with E-state index >= 15 is 0 Å². The van der Waals surface area contributed by atoms with Crippen LogP contribution < -0.4 is 10.3 Å². The third kappa shape index (κ3) is 3.21. The van der Waals surface area contributed by atoms with Gasteiger partial charge < -0.3 is 14.0 Å². The Kier molecular flexibility index (Phi) is 3.85. The van der Waals surface area contributed by atoms with Crippen LogP contribution in [0, 0.1) is 5.82 Å². The quantitative estimate of drug-likeness (QED) is 0.796. The van der Waals surface area contributed by atoms with Crippen LogP contribution in [-0.4, -0.2) is 11.4 Å². The largest absolute Gasteiger partial charge is 0.467 e. The van der Waals surface area contributed by atoms with Gasteiger partial charge in [0.1, 0.15) is 11.6 Å². The molecule has 1 aromatic carbocycles. The molecule has 0 unspecified atom stereocenters. The van der Waals surface area contributed by atoms with Crippen molar-refractivity contribution in [2.75, 3.05) is 6.79 Å². The summed E-state index contributed by atoms with van der Waals surface area (Å²) in [5.74, 6) is -0.241. The van der Waals surface area contributed by atoms with Crippen LogP contribution in [0.2, 0.25) is 0 Å². The maximum Gasteiger partial charge on any atom is 0.417 e. The van der Waals surface area contributed by atoms with Crippen molar-refractivity contribution in [2.45, 2.75) is 19.3 Å². The van der Waals surface area contributed by atoms with Gasteiger partial charge in [-0.1, -0.05) is 0 Å². The fraction of sp³-hybridized carbons (Fsp3) is 0.267. The van der Waals surface area contributed by atoms with Gasteiger partial charge in [0.2, 0.25) is 0 Å². The highest BCUT2D eigenvalue weighted by Gasteiger charge is 2.31. The van der Waals surface area contributed by atoms with E-state index < -0.39 is 23.1 Å². The van der Waals surface area contributed by atoms with E-state index in [0.717, 1.165) is 16.7 Å². The van der Waals surface area contributed by atoms with Gasteiger partial charge in [0, 0.05) is 23.4 Å². The van der Waals surface area contributed by atoms with Crippen molar-refractivity contribution in [2.24, 2.45) is 0 Å². The number of hydrogen-bond donors (Lipinski definition) is 0. The molecule has 0 spiro atoms. The summed E-state index contributed by atoms with van der Waals surface area (Å²) in [6.07, 6.45) is -3.86. The molecule has 1 aliphatic heterocycles. The molecule has 2 heterocycles. The molecular weight excluding hydrogens is 318 g/mol. The summed E-state index contributed by atoms with van der Waals surface area (Å²) in [6, 6.07) is 3.91. The molecule has 0 saturated heterocycles. The lowest BCUT2D eigenvalue weighted by molar-refractivity contribution is -0.138. The maximum absolute atomic E-state index is 13.6. The molecule has 122 valence electrons. The van der Waals surface area contributed by atoms with Crippen molar-refractivity contribution in [3.05, 3.63) is 63.3 Å². The van der Waals surface area contributed by atoms with Gasteiger partial charge in [-0.25, -0.2) is 4.39 Å². The summed E-state index contributed by atoms with van der Waals surface area (Å²) in [5, 5.41) is 0. The zero-order valence-electron chi connectivity index (χ0n) is 11.7. The molecule has 0 N–H and O–H groups in total. The Morgan fingerprint density at radius 1 is 1.22 bits per heavy atom. The fourth-order valence-corrected chi connectivity index (χ4v) is 2.38. The first-order chi connectivity index (χ1) is 10.8. The second-order valence-corrected chi connectivity index (χ2v) is 5.05. The van der Waals surface area contributed by atoms with E-state index in [9.17, 15) is 22.4 Å². The molecular formula is C15H11F4NO3. The highest BCUT2D eigenvalue weighted by Crippen LogP contribution is 2.31. The van der Waals surface area contributed by atoms with Gasteiger partial charge in [0.25, 0.3) is 5.56 Å². The number of aromatic nitrogens is 1. The summed E-state index contributed by atoms with van der Waals surface area (Å²) in [5.41, 5.74) is -0.842. The Bertz CT molecular complexity index is 798. The summed E-state index contributed by atoms with van der Waals surface area (Å²) >= 11 is 0. The minimum Gasteiger partial charge on any atom is -0.467 e. The normalized spacial score (nSPS) is 14.3. The van der Waals surface area contributed by atoms with Crippen LogP contribution in [0.4, 0.5) is 17.6 Å². The second-order valence-electron chi connectivity index (χ2n) is 5.05. The Morgan fingerprint density at radius 3 is 2.74 bits per heavy atom. The van der Waals surface area contributed by atoms with E-state index in [2.05, 4.69) is 0 Å². The lowest BCUT2D eigenvalue weighted by atomic mass is 10.1. The molecule has 1 aromatic heterocycles. The number of ether oxygens (including phenoxy) is 2. The number of benzene rings is 1. The third-order valence-electron chi connectivity index (χ3n) is 3.40. The molecule has 2 aromatic rings. The van der Waals surface area contributed by atoms with Crippen molar-refractivity contribution < 1.29 is 27.0 Å². The molecule has 3 rings (SSSR count). The van der Waals surface area contributed by atoms with Gasteiger partial charge in [-0.3, -0.25) is 4.79 Å². The molecule has 0 radical (unpaired) electrons. The minimum absolute atomic E-state index is 0.0386. The molecule has 0 aliphatic carbocycles. The van der Waals surface area contributed by atoms with Crippen LogP contribution in [0.15, 0.2) is 35.3 Å². The molecule has 0 saturated carbocycles. The predicted molar refractivity (Wildman–Crippen MR) is 71.5 cm³/mol. The number of nitrogens with zero attached hydrogens (tertiary/aromatic N) is 1. The molecule has 4 nitrogen and oxygen atoms in total. The Balaban J connectivity index is 2.03. The number of halogens is 4. The molecule has 8 heteroatoms. The molecule has 1 aliphatic rings. The molecule has 0 fully saturated rings. The predicted octanol–water partition coefficient (Wildman–Crippen LogP) is 2.92. The zero-order valence-corrected chi connectivity index (χ0v) is 11.7. The highest BCUT2D eigenvalue weighted by molar-refractivity contribution is 5.42. The first kappa shape index (κ1) is 15.5. The van der Waals surface area contributed by atoms with Crippen molar-refractivity contribution in [3.63, 3.8) is 0 Å². The average molecular weight is 329 g/mol. The third-order valence-corrected chi connectivity index (χ3v) is 3.40. The minimum atomic E-state index is -4.57. The van der Waals surface area contributed by atoms with Crippen LogP contribution in [0.1, 0.15) is 16.7 Å². The lowest BCUT2D eigenvalue weighted by Crippen LogP contribution is -2.23. The van der Waals surface area contributed by atoms with Crippen LogP contribution in [0.3, 0.4) is 0 Å². The van der Waals surface area contributed by atoms with Gasteiger partial charge in [-0.15, -0.1) is 0 Å². The van der Waals surface area contributed by atoms with Gasteiger partial charge in [-0.05, 0) is 18.2 Å². The standard InChI is InChI=1S/C15H11F4NO3/c16-12-3-9(14-10(4-12)7-22-8-23-14)5-20-6-11(15(17,18)19)1-2-13(20)21/h1-4,6H,5,7-8H2. The van der Waals surface area contributed by atoms with E-state index in [4.69, 9.17) is 9.47 Å². The average Bonchev–Trinajstić information content (AvgIpc) is 2.48. The lowest BCUT2D eigenvalue weighted by Gasteiger charge is -2.21. The summed E-state index contributed by atoms with van der Waals surface area (Å²) in [6.45, 7) is -0.135. The molecule has 23 heavy (non-hydrogen) atoms. The van der Waals surface area contributed by atoms with Gasteiger partial charge in [-0.2, -0.15) is 13.2 Å². The van der Waals surface area contributed by atoms with E-state index in [1.807, 2.05) is 0 Å². The van der Waals surface area contributed by atoms with Crippen molar-refractivity contribution in [3.8, 4) is 5.75 Å². The van der Waals surface area contributed by atoms with E-state index in [1.165, 1.54) is 6.07 Å². The highest BCUT2D eigenvalue weighted by atomic mass is 19.4. The first-order valence-electron chi connectivity index (χ1n) is 6.64. The molecule has 0 atom stereocenters. The van der Waals surface area contributed by atoms with E-state index in [1.54, 1.807) is 0 Å². The first-order valence-corrected chi connectivity index (χ1v) is 6.64. The van der Waals surface area contributed by atoms with Crippen molar-refractivity contribution >= 4 is 0 Å². The number of rotatable bonds is 2. The van der Waals surface area contributed by atoms with Gasteiger partial charge in [0.15, 0.2) is 6.79 Å². The second kappa shape index (κ2) is 5.69. The maximum atomic E-state index is 13.6. The monoisotopic (exact) mass is 329 g/mol. The van der Waals surface area contributed by atoms with Crippen molar-refractivity contribution in [1.82, 2.24) is 4.57 Å². The Labute approximate surface area is 127 Å². The van der Waals surface area contributed by atoms with Gasteiger partial charge in [0.05, 0.1) is 18.7 Å². The van der Waals surface area contributed by atoms with E-state index in [0.29, 0.717) is 23.6 Å². The summed E-state index contributed by atoms with van der Waals surface area (Å²) in [7, 11) is 0. The summed E-state index contributed by atoms with van der Waals surface area (Å²) < 4.78 is 63.1. The number of pyridine rings is 1.